The van der Waals surface area contributed by atoms with Crippen LogP contribution in [0.4, 0.5) is 0 Å². The largest absolute Gasteiger partial charge is 0.468 e. The second-order valence-electron chi connectivity index (χ2n) is 7.21. The highest BCUT2D eigenvalue weighted by Gasteiger charge is 2.39. The van der Waals surface area contributed by atoms with Gasteiger partial charge in [0.15, 0.2) is 5.78 Å². The summed E-state index contributed by atoms with van der Waals surface area (Å²) in [6, 6.07) is 15.6. The van der Waals surface area contributed by atoms with Crippen molar-refractivity contribution in [1.29, 1.82) is 0 Å². The second-order valence-corrected chi connectivity index (χ2v) is 7.65. The summed E-state index contributed by atoms with van der Waals surface area (Å²) in [6.45, 7) is 4.27. The molecule has 4 heteroatoms. The molecule has 0 amide bonds. The van der Waals surface area contributed by atoms with E-state index in [1.165, 1.54) is 12.7 Å². The molecule has 0 saturated heterocycles. The summed E-state index contributed by atoms with van der Waals surface area (Å²) < 4.78 is 4.92. The monoisotopic (exact) mass is 382 g/mol. The third-order valence-corrected chi connectivity index (χ3v) is 5.42. The first kappa shape index (κ1) is 19.4. The number of hydrogen-bond acceptors (Lipinski definition) is 3. The standard InChI is InChI=1S/C23H23ClO3/c1-14(2)15-4-6-17(7-5-15)20-12-18(16-8-10-19(24)11-9-16)13-21(25)22(20)23(26)27-3/h4-11,13-14,20,22H,12H2,1-3H3/t20-,22-/m1/s1. The number of allylic oxidation sites excluding steroid dienone is 2. The van der Waals surface area contributed by atoms with E-state index in [-0.39, 0.29) is 11.7 Å². The van der Waals surface area contributed by atoms with Crippen LogP contribution in [0.5, 0.6) is 0 Å². The van der Waals surface area contributed by atoms with E-state index in [1.807, 2.05) is 24.3 Å². The minimum absolute atomic E-state index is 0.212. The Kier molecular flexibility index (Phi) is 5.81. The number of carbonyl (C=O) groups is 2. The van der Waals surface area contributed by atoms with Gasteiger partial charge in [-0.05, 0) is 52.8 Å². The number of hydrogen-bond donors (Lipinski definition) is 0. The van der Waals surface area contributed by atoms with Crippen LogP contribution in [0.1, 0.15) is 48.8 Å². The Bertz CT molecular complexity index is 864. The molecule has 0 heterocycles. The van der Waals surface area contributed by atoms with E-state index in [0.717, 1.165) is 16.7 Å². The Labute approximate surface area is 165 Å². The third-order valence-electron chi connectivity index (χ3n) is 5.17. The van der Waals surface area contributed by atoms with Gasteiger partial charge in [-0.15, -0.1) is 0 Å². The second kappa shape index (κ2) is 8.10. The molecule has 27 heavy (non-hydrogen) atoms. The summed E-state index contributed by atoms with van der Waals surface area (Å²) >= 11 is 5.98. The lowest BCUT2D eigenvalue weighted by Gasteiger charge is -2.29. The first-order valence-electron chi connectivity index (χ1n) is 9.08. The van der Waals surface area contributed by atoms with Gasteiger partial charge in [0.25, 0.3) is 0 Å². The number of ketones is 1. The van der Waals surface area contributed by atoms with E-state index in [9.17, 15) is 9.59 Å². The smallest absolute Gasteiger partial charge is 0.317 e. The lowest BCUT2D eigenvalue weighted by atomic mass is 9.73. The first-order chi connectivity index (χ1) is 12.9. The Hall–Kier alpha value is -2.39. The Morgan fingerprint density at radius 1 is 1.07 bits per heavy atom. The topological polar surface area (TPSA) is 43.4 Å². The maximum Gasteiger partial charge on any atom is 0.317 e. The summed E-state index contributed by atoms with van der Waals surface area (Å²) in [4.78, 5) is 25.1. The molecule has 0 spiro atoms. The van der Waals surface area contributed by atoms with Gasteiger partial charge in [0.05, 0.1) is 7.11 Å². The van der Waals surface area contributed by atoms with E-state index in [0.29, 0.717) is 17.4 Å². The van der Waals surface area contributed by atoms with Gasteiger partial charge in [-0.1, -0.05) is 61.8 Å². The zero-order valence-electron chi connectivity index (χ0n) is 15.7. The molecule has 0 aromatic heterocycles. The summed E-state index contributed by atoms with van der Waals surface area (Å²) in [6.07, 6.45) is 2.16. The highest BCUT2D eigenvalue weighted by molar-refractivity contribution is 6.30. The summed E-state index contributed by atoms with van der Waals surface area (Å²) in [5.41, 5.74) is 4.06. The number of rotatable bonds is 4. The van der Waals surface area contributed by atoms with Crippen LogP contribution in [-0.4, -0.2) is 18.9 Å². The molecule has 0 radical (unpaired) electrons. The number of esters is 1. The number of carbonyl (C=O) groups excluding carboxylic acids is 2. The molecule has 2 aromatic carbocycles. The minimum atomic E-state index is -0.809. The Balaban J connectivity index is 2.00. The van der Waals surface area contributed by atoms with Crippen LogP contribution in [0.25, 0.3) is 5.57 Å². The maximum atomic E-state index is 12.8. The van der Waals surface area contributed by atoms with Crippen molar-refractivity contribution >= 4 is 28.9 Å². The molecule has 3 rings (SSSR count). The molecule has 2 aromatic rings. The van der Waals surface area contributed by atoms with Crippen molar-refractivity contribution in [1.82, 2.24) is 0 Å². The minimum Gasteiger partial charge on any atom is -0.468 e. The van der Waals surface area contributed by atoms with Crippen LogP contribution in [0.15, 0.2) is 54.6 Å². The van der Waals surface area contributed by atoms with E-state index in [1.54, 1.807) is 18.2 Å². The maximum absolute atomic E-state index is 12.8. The van der Waals surface area contributed by atoms with Crippen molar-refractivity contribution in [2.75, 3.05) is 7.11 Å². The third kappa shape index (κ3) is 4.14. The van der Waals surface area contributed by atoms with Crippen LogP contribution in [0.3, 0.4) is 0 Å². The lowest BCUT2D eigenvalue weighted by Crippen LogP contribution is -2.33. The fourth-order valence-corrected chi connectivity index (χ4v) is 3.71. The van der Waals surface area contributed by atoms with Gasteiger partial charge in [-0.2, -0.15) is 0 Å². The van der Waals surface area contributed by atoms with Crippen LogP contribution in [-0.2, 0) is 14.3 Å². The molecule has 0 bridgehead atoms. The summed E-state index contributed by atoms with van der Waals surface area (Å²) in [7, 11) is 1.33. The lowest BCUT2D eigenvalue weighted by molar-refractivity contribution is -0.149. The Morgan fingerprint density at radius 2 is 1.70 bits per heavy atom. The highest BCUT2D eigenvalue weighted by Crippen LogP contribution is 2.40. The molecule has 1 aliphatic rings. The van der Waals surface area contributed by atoms with E-state index in [2.05, 4.69) is 26.0 Å². The number of benzene rings is 2. The molecule has 2 atom stereocenters. The molecule has 1 aliphatic carbocycles. The number of methoxy groups -OCH3 is 1. The van der Waals surface area contributed by atoms with Gasteiger partial charge in [-0.25, -0.2) is 0 Å². The molecule has 0 aliphatic heterocycles. The molecule has 0 N–H and O–H groups in total. The van der Waals surface area contributed by atoms with Crippen molar-refractivity contribution in [2.45, 2.75) is 32.1 Å². The molecule has 0 unspecified atom stereocenters. The zero-order chi connectivity index (χ0) is 19.6. The van der Waals surface area contributed by atoms with Crippen molar-refractivity contribution in [3.05, 3.63) is 76.3 Å². The van der Waals surface area contributed by atoms with Gasteiger partial charge >= 0.3 is 5.97 Å². The van der Waals surface area contributed by atoms with E-state index in [4.69, 9.17) is 16.3 Å². The first-order valence-corrected chi connectivity index (χ1v) is 9.46. The molecular weight excluding hydrogens is 360 g/mol. The number of halogens is 1. The predicted octanol–water partition coefficient (Wildman–Crippen LogP) is 5.39. The normalized spacial score (nSPS) is 19.7. The molecule has 0 saturated carbocycles. The molecule has 0 fully saturated rings. The van der Waals surface area contributed by atoms with Crippen LogP contribution in [0.2, 0.25) is 5.02 Å². The predicted molar refractivity (Wildman–Crippen MR) is 108 cm³/mol. The zero-order valence-corrected chi connectivity index (χ0v) is 16.5. The average molecular weight is 383 g/mol. The van der Waals surface area contributed by atoms with Gasteiger partial charge in [-0.3, -0.25) is 9.59 Å². The van der Waals surface area contributed by atoms with Crippen molar-refractivity contribution in [2.24, 2.45) is 5.92 Å². The van der Waals surface area contributed by atoms with Crippen molar-refractivity contribution < 1.29 is 14.3 Å². The Morgan fingerprint density at radius 3 is 2.26 bits per heavy atom. The highest BCUT2D eigenvalue weighted by atomic mass is 35.5. The van der Waals surface area contributed by atoms with Crippen LogP contribution >= 0.6 is 11.6 Å². The fraction of sp³-hybridized carbons (Fsp3) is 0.304. The fourth-order valence-electron chi connectivity index (χ4n) is 3.58. The SMILES string of the molecule is COC(=O)[C@H]1C(=O)C=C(c2ccc(Cl)cc2)C[C@@H]1c1ccc(C(C)C)cc1. The van der Waals surface area contributed by atoms with Crippen LogP contribution in [0, 0.1) is 5.92 Å². The van der Waals surface area contributed by atoms with Gasteiger partial charge < -0.3 is 4.74 Å². The van der Waals surface area contributed by atoms with Crippen molar-refractivity contribution in [3.63, 3.8) is 0 Å². The molecule has 140 valence electrons. The molecular formula is C23H23ClO3. The average Bonchev–Trinajstić information content (AvgIpc) is 2.67. The summed E-state index contributed by atoms with van der Waals surface area (Å²) in [5, 5.41) is 0.648. The van der Waals surface area contributed by atoms with Gasteiger partial charge in [0, 0.05) is 10.9 Å². The van der Waals surface area contributed by atoms with Crippen LogP contribution < -0.4 is 0 Å². The van der Waals surface area contributed by atoms with E-state index < -0.39 is 11.9 Å². The number of ether oxygens (including phenoxy) is 1. The molecule has 3 nitrogen and oxygen atoms in total. The van der Waals surface area contributed by atoms with Gasteiger partial charge in [0.2, 0.25) is 0 Å². The quantitative estimate of drug-likeness (QED) is 0.525. The summed E-state index contributed by atoms with van der Waals surface area (Å²) in [5.74, 6) is -1.33. The van der Waals surface area contributed by atoms with Crippen molar-refractivity contribution in [3.8, 4) is 0 Å². The van der Waals surface area contributed by atoms with Gasteiger partial charge in [0.1, 0.15) is 5.92 Å². The van der Waals surface area contributed by atoms with E-state index >= 15 is 0 Å².